The van der Waals surface area contributed by atoms with Crippen LogP contribution in [0.2, 0.25) is 0 Å². The molecule has 0 radical (unpaired) electrons. The van der Waals surface area contributed by atoms with Crippen molar-refractivity contribution in [3.8, 4) is 5.75 Å². The number of alkyl halides is 1. The smallest absolute Gasteiger partial charge is 0.197 e. The minimum atomic E-state index is -0.154. The molecule has 0 aromatic heterocycles. The van der Waals surface area contributed by atoms with E-state index in [1.807, 2.05) is 19.1 Å². The van der Waals surface area contributed by atoms with Crippen LogP contribution in [0.4, 0.5) is 0 Å². The molecule has 1 saturated carbocycles. The molecule has 0 aliphatic heterocycles. The van der Waals surface area contributed by atoms with Crippen molar-refractivity contribution >= 4 is 22.6 Å². The first-order valence-corrected chi connectivity index (χ1v) is 8.77. The van der Waals surface area contributed by atoms with Crippen molar-refractivity contribution in [3.63, 3.8) is 0 Å². The molecule has 0 saturated heterocycles. The molecule has 0 N–H and O–H groups in total. The second kappa shape index (κ2) is 8.10. The molecular weight excluding hydrogens is 351 g/mol. The van der Waals surface area contributed by atoms with Gasteiger partial charge in [0.05, 0.1) is 6.10 Å². The Balaban J connectivity index is 1.78. The summed E-state index contributed by atoms with van der Waals surface area (Å²) in [4.78, 5) is 0. The Labute approximate surface area is 130 Å². The predicted molar refractivity (Wildman–Crippen MR) is 87.1 cm³/mol. The lowest BCUT2D eigenvalue weighted by atomic mass is 9.98. The number of hydrogen-bond acceptors (Lipinski definition) is 2. The highest BCUT2D eigenvalue weighted by molar-refractivity contribution is 14.1. The fourth-order valence-corrected chi connectivity index (χ4v) is 3.16. The third kappa shape index (κ3) is 5.30. The molecule has 1 aliphatic carbocycles. The van der Waals surface area contributed by atoms with E-state index in [0.717, 1.165) is 16.6 Å². The molecule has 3 heteroatoms. The average molecular weight is 374 g/mol. The van der Waals surface area contributed by atoms with E-state index in [0.29, 0.717) is 6.10 Å². The maximum absolute atomic E-state index is 5.95. The van der Waals surface area contributed by atoms with Gasteiger partial charge in [-0.15, -0.1) is 0 Å². The quantitative estimate of drug-likeness (QED) is 0.407. The van der Waals surface area contributed by atoms with Gasteiger partial charge in [0.1, 0.15) is 5.75 Å². The van der Waals surface area contributed by atoms with Gasteiger partial charge in [-0.05, 0) is 43.9 Å². The first kappa shape index (κ1) is 15.1. The Kier molecular flexibility index (Phi) is 6.44. The maximum Gasteiger partial charge on any atom is 0.197 e. The Morgan fingerprint density at radius 1 is 1.16 bits per heavy atom. The molecule has 1 aliphatic rings. The number of benzene rings is 1. The van der Waals surface area contributed by atoms with E-state index in [9.17, 15) is 0 Å². The van der Waals surface area contributed by atoms with Crippen molar-refractivity contribution in [3.05, 3.63) is 29.8 Å². The second-order valence-electron chi connectivity index (χ2n) is 5.16. The lowest BCUT2D eigenvalue weighted by Crippen LogP contribution is -2.26. The molecule has 1 unspecified atom stereocenters. The van der Waals surface area contributed by atoms with E-state index in [4.69, 9.17) is 9.47 Å². The van der Waals surface area contributed by atoms with Crippen LogP contribution >= 0.6 is 22.6 Å². The Morgan fingerprint density at radius 2 is 1.84 bits per heavy atom. The third-order valence-corrected chi connectivity index (χ3v) is 4.08. The van der Waals surface area contributed by atoms with Gasteiger partial charge in [0.2, 0.25) is 0 Å². The van der Waals surface area contributed by atoms with Gasteiger partial charge in [0.15, 0.2) is 6.29 Å². The van der Waals surface area contributed by atoms with E-state index < -0.39 is 0 Å². The van der Waals surface area contributed by atoms with Crippen LogP contribution in [0.3, 0.4) is 0 Å². The lowest BCUT2D eigenvalue weighted by Gasteiger charge is -2.26. The molecule has 2 rings (SSSR count). The Hall–Kier alpha value is -0.290. The Bertz CT molecular complexity index is 358. The van der Waals surface area contributed by atoms with E-state index in [2.05, 4.69) is 34.7 Å². The van der Waals surface area contributed by atoms with Crippen LogP contribution in [0.15, 0.2) is 24.3 Å². The van der Waals surface area contributed by atoms with Gasteiger partial charge in [-0.2, -0.15) is 0 Å². The van der Waals surface area contributed by atoms with Gasteiger partial charge in [0.25, 0.3) is 0 Å². The monoisotopic (exact) mass is 374 g/mol. The van der Waals surface area contributed by atoms with Crippen molar-refractivity contribution in [2.45, 2.75) is 57.8 Å². The van der Waals surface area contributed by atoms with Gasteiger partial charge >= 0.3 is 0 Å². The zero-order chi connectivity index (χ0) is 13.5. The van der Waals surface area contributed by atoms with Crippen LogP contribution in [0.25, 0.3) is 0 Å². The predicted octanol–water partition coefficient (Wildman–Crippen LogP) is 4.74. The number of rotatable bonds is 6. The molecule has 0 amide bonds. The summed E-state index contributed by atoms with van der Waals surface area (Å²) in [6.07, 6.45) is 7.66. The summed E-state index contributed by atoms with van der Waals surface area (Å²) in [5, 5.41) is 0. The third-order valence-electron chi connectivity index (χ3n) is 3.54. The second-order valence-corrected chi connectivity index (χ2v) is 6.24. The van der Waals surface area contributed by atoms with E-state index in [1.165, 1.54) is 37.7 Å². The number of aryl methyl sites for hydroxylation is 1. The zero-order valence-electron chi connectivity index (χ0n) is 11.6. The summed E-state index contributed by atoms with van der Waals surface area (Å²) >= 11 is 2.40. The van der Waals surface area contributed by atoms with Crippen LogP contribution in [-0.2, 0) is 11.2 Å². The topological polar surface area (TPSA) is 18.5 Å². The van der Waals surface area contributed by atoms with Gasteiger partial charge in [0, 0.05) is 4.43 Å². The molecule has 1 aromatic rings. The van der Waals surface area contributed by atoms with Crippen molar-refractivity contribution in [2.24, 2.45) is 0 Å². The normalized spacial score (nSPS) is 18.2. The fourth-order valence-electron chi connectivity index (χ4n) is 2.54. The number of hydrogen-bond donors (Lipinski definition) is 0. The summed E-state index contributed by atoms with van der Waals surface area (Å²) in [5.74, 6) is 0.903. The minimum Gasteiger partial charge on any atom is -0.465 e. The molecule has 0 spiro atoms. The van der Waals surface area contributed by atoms with Crippen LogP contribution in [-0.4, -0.2) is 16.8 Å². The number of ether oxygens (including phenoxy) is 2. The van der Waals surface area contributed by atoms with E-state index >= 15 is 0 Å². The first-order valence-electron chi connectivity index (χ1n) is 7.25. The molecule has 2 nitrogen and oxygen atoms in total. The molecule has 1 aromatic carbocycles. The highest BCUT2D eigenvalue weighted by Gasteiger charge is 2.17. The van der Waals surface area contributed by atoms with E-state index in [1.54, 1.807) is 0 Å². The highest BCUT2D eigenvalue weighted by atomic mass is 127. The first-order chi connectivity index (χ1) is 9.28. The largest absolute Gasteiger partial charge is 0.465 e. The van der Waals surface area contributed by atoms with Crippen molar-refractivity contribution < 1.29 is 9.47 Å². The molecular formula is C16H23IO2. The molecule has 0 bridgehead atoms. The minimum absolute atomic E-state index is 0.154. The summed E-state index contributed by atoms with van der Waals surface area (Å²) in [6, 6.07) is 8.37. The summed E-state index contributed by atoms with van der Waals surface area (Å²) in [5.41, 5.74) is 1.36. The molecule has 19 heavy (non-hydrogen) atoms. The fraction of sp³-hybridized carbons (Fsp3) is 0.625. The standard InChI is InChI=1S/C16H23IO2/c1-13(18-15-5-3-2-4-6-15)19-16-9-7-14(8-10-16)11-12-17/h7-10,13,15H,2-6,11-12H2,1H3. The van der Waals surface area contributed by atoms with Gasteiger partial charge in [-0.3, -0.25) is 0 Å². The number of halogens is 1. The summed E-state index contributed by atoms with van der Waals surface area (Å²) in [7, 11) is 0. The maximum atomic E-state index is 5.95. The van der Waals surface area contributed by atoms with Crippen LogP contribution < -0.4 is 4.74 Å². The average Bonchev–Trinajstić information content (AvgIpc) is 2.42. The van der Waals surface area contributed by atoms with Gasteiger partial charge < -0.3 is 9.47 Å². The molecule has 1 atom stereocenters. The van der Waals surface area contributed by atoms with Crippen molar-refractivity contribution in [1.82, 2.24) is 0 Å². The summed E-state index contributed by atoms with van der Waals surface area (Å²) in [6.45, 7) is 1.99. The van der Waals surface area contributed by atoms with E-state index in [-0.39, 0.29) is 6.29 Å². The molecule has 0 heterocycles. The molecule has 1 fully saturated rings. The zero-order valence-corrected chi connectivity index (χ0v) is 13.8. The lowest BCUT2D eigenvalue weighted by molar-refractivity contribution is -0.116. The van der Waals surface area contributed by atoms with Crippen molar-refractivity contribution in [1.29, 1.82) is 0 Å². The van der Waals surface area contributed by atoms with Crippen LogP contribution in [0, 0.1) is 0 Å². The summed E-state index contributed by atoms with van der Waals surface area (Å²) < 4.78 is 12.9. The van der Waals surface area contributed by atoms with Crippen molar-refractivity contribution in [2.75, 3.05) is 4.43 Å². The van der Waals surface area contributed by atoms with Gasteiger partial charge in [-0.1, -0.05) is 54.0 Å². The highest BCUT2D eigenvalue weighted by Crippen LogP contribution is 2.22. The van der Waals surface area contributed by atoms with Gasteiger partial charge in [-0.25, -0.2) is 0 Å². The molecule has 106 valence electrons. The van der Waals surface area contributed by atoms with Crippen LogP contribution in [0.5, 0.6) is 5.75 Å². The SMILES string of the molecule is CC(Oc1ccc(CCI)cc1)OC1CCCCC1. The Morgan fingerprint density at radius 3 is 2.47 bits per heavy atom. The van der Waals surface area contributed by atoms with Crippen LogP contribution in [0.1, 0.15) is 44.6 Å².